The average molecular weight is 370 g/mol. The lowest BCUT2D eigenvalue weighted by Crippen LogP contribution is -2.34. The molecule has 0 fully saturated rings. The summed E-state index contributed by atoms with van der Waals surface area (Å²) in [5, 5.41) is 5.39. The Morgan fingerprint density at radius 2 is 1.74 bits per heavy atom. The zero-order valence-corrected chi connectivity index (χ0v) is 14.5. The van der Waals surface area contributed by atoms with Crippen molar-refractivity contribution in [3.8, 4) is 11.5 Å². The Balaban J connectivity index is 1.35. The number of benzene rings is 2. The fourth-order valence-corrected chi connectivity index (χ4v) is 2.49. The van der Waals surface area contributed by atoms with E-state index in [1.54, 1.807) is 30.3 Å². The lowest BCUT2D eigenvalue weighted by Gasteiger charge is -2.06. The molecule has 1 aliphatic heterocycles. The summed E-state index contributed by atoms with van der Waals surface area (Å²) in [5.41, 5.74) is 1.55. The molecule has 0 radical (unpaired) electrons. The second-order valence-electron chi connectivity index (χ2n) is 5.89. The zero-order chi connectivity index (χ0) is 19.1. The van der Waals surface area contributed by atoms with Gasteiger partial charge in [0.15, 0.2) is 11.5 Å². The fraction of sp³-hybridized carbons (Fsp3) is 0.200. The van der Waals surface area contributed by atoms with Crippen LogP contribution in [0.3, 0.4) is 0 Å². The van der Waals surface area contributed by atoms with E-state index < -0.39 is 0 Å². The smallest absolute Gasteiger partial charge is 0.244 e. The maximum atomic E-state index is 12.8. The van der Waals surface area contributed by atoms with Crippen LogP contribution >= 0.6 is 0 Å². The van der Waals surface area contributed by atoms with E-state index in [4.69, 9.17) is 9.47 Å². The van der Waals surface area contributed by atoms with E-state index in [2.05, 4.69) is 10.6 Å². The SMILES string of the molecule is O=C(/C=C/c1ccc2c(c1)OCO2)NCCNC(=O)Cc1ccc(F)cc1. The number of halogens is 1. The minimum atomic E-state index is -0.337. The first-order valence-corrected chi connectivity index (χ1v) is 8.47. The molecule has 0 aromatic heterocycles. The van der Waals surface area contributed by atoms with Crippen LogP contribution in [0.4, 0.5) is 4.39 Å². The highest BCUT2D eigenvalue weighted by molar-refractivity contribution is 5.91. The van der Waals surface area contributed by atoms with Crippen LogP contribution in [0.15, 0.2) is 48.5 Å². The highest BCUT2D eigenvalue weighted by atomic mass is 19.1. The van der Waals surface area contributed by atoms with Crippen LogP contribution in [0.25, 0.3) is 6.08 Å². The summed E-state index contributed by atoms with van der Waals surface area (Å²) < 4.78 is 23.3. The third kappa shape index (κ3) is 5.57. The number of hydrogen-bond donors (Lipinski definition) is 2. The first-order chi connectivity index (χ1) is 13.1. The summed E-state index contributed by atoms with van der Waals surface area (Å²) in [4.78, 5) is 23.6. The normalized spacial score (nSPS) is 12.2. The van der Waals surface area contributed by atoms with Crippen LogP contribution in [0, 0.1) is 5.82 Å². The molecule has 0 saturated carbocycles. The minimum Gasteiger partial charge on any atom is -0.454 e. The molecule has 3 rings (SSSR count). The van der Waals surface area contributed by atoms with Crippen molar-refractivity contribution in [2.24, 2.45) is 0 Å². The van der Waals surface area contributed by atoms with Crippen molar-refractivity contribution in [2.75, 3.05) is 19.9 Å². The number of rotatable bonds is 7. The average Bonchev–Trinajstić information content (AvgIpc) is 3.13. The summed E-state index contributed by atoms with van der Waals surface area (Å²) in [6, 6.07) is 11.2. The Bertz CT molecular complexity index is 850. The molecule has 7 heteroatoms. The predicted octanol–water partition coefficient (Wildman–Crippen LogP) is 2.04. The monoisotopic (exact) mass is 370 g/mol. The van der Waals surface area contributed by atoms with Gasteiger partial charge in [0.2, 0.25) is 18.6 Å². The van der Waals surface area contributed by atoms with E-state index in [9.17, 15) is 14.0 Å². The predicted molar refractivity (Wildman–Crippen MR) is 97.7 cm³/mol. The highest BCUT2D eigenvalue weighted by Crippen LogP contribution is 2.32. The molecule has 0 spiro atoms. The quantitative estimate of drug-likeness (QED) is 0.578. The maximum absolute atomic E-state index is 12.8. The van der Waals surface area contributed by atoms with Gasteiger partial charge in [0.1, 0.15) is 5.82 Å². The van der Waals surface area contributed by atoms with Gasteiger partial charge in [0.05, 0.1) is 6.42 Å². The van der Waals surface area contributed by atoms with Gasteiger partial charge in [-0.1, -0.05) is 18.2 Å². The van der Waals surface area contributed by atoms with Gasteiger partial charge < -0.3 is 20.1 Å². The molecule has 2 aromatic rings. The molecule has 0 unspecified atom stereocenters. The third-order valence-corrected chi connectivity index (χ3v) is 3.85. The Hall–Kier alpha value is -3.35. The molecule has 2 N–H and O–H groups in total. The van der Waals surface area contributed by atoms with E-state index >= 15 is 0 Å². The van der Waals surface area contributed by atoms with Crippen LogP contribution in [0.5, 0.6) is 11.5 Å². The molecular formula is C20H19FN2O4. The van der Waals surface area contributed by atoms with Crippen molar-refractivity contribution in [1.82, 2.24) is 10.6 Å². The van der Waals surface area contributed by atoms with E-state index in [-0.39, 0.29) is 30.8 Å². The molecule has 1 heterocycles. The van der Waals surface area contributed by atoms with E-state index in [0.717, 1.165) is 11.1 Å². The molecule has 2 amide bonds. The number of carbonyl (C=O) groups is 2. The summed E-state index contributed by atoms with van der Waals surface area (Å²) in [7, 11) is 0. The lowest BCUT2D eigenvalue weighted by atomic mass is 10.1. The van der Waals surface area contributed by atoms with E-state index in [0.29, 0.717) is 24.6 Å². The van der Waals surface area contributed by atoms with Gasteiger partial charge in [-0.05, 0) is 41.5 Å². The Kier molecular flexibility index (Phi) is 6.04. The molecule has 140 valence electrons. The van der Waals surface area contributed by atoms with Gasteiger partial charge in [-0.25, -0.2) is 4.39 Å². The molecule has 27 heavy (non-hydrogen) atoms. The second-order valence-corrected chi connectivity index (χ2v) is 5.89. The van der Waals surface area contributed by atoms with Gasteiger partial charge in [-0.2, -0.15) is 0 Å². The van der Waals surface area contributed by atoms with Crippen LogP contribution in [0.2, 0.25) is 0 Å². The van der Waals surface area contributed by atoms with Crippen molar-refractivity contribution >= 4 is 17.9 Å². The van der Waals surface area contributed by atoms with Crippen molar-refractivity contribution < 1.29 is 23.5 Å². The number of ether oxygens (including phenoxy) is 2. The van der Waals surface area contributed by atoms with Crippen LogP contribution in [0.1, 0.15) is 11.1 Å². The maximum Gasteiger partial charge on any atom is 0.244 e. The minimum absolute atomic E-state index is 0.165. The summed E-state index contributed by atoms with van der Waals surface area (Å²) in [6.45, 7) is 0.818. The molecule has 0 aliphatic carbocycles. The standard InChI is InChI=1S/C20H19FN2O4/c21-16-5-1-15(2-6-16)12-20(25)23-10-9-22-19(24)8-4-14-3-7-17-18(11-14)27-13-26-17/h1-8,11H,9-10,12-13H2,(H,22,24)(H,23,25)/b8-4+. The molecular weight excluding hydrogens is 351 g/mol. The lowest BCUT2D eigenvalue weighted by molar-refractivity contribution is -0.121. The third-order valence-electron chi connectivity index (χ3n) is 3.85. The van der Waals surface area contributed by atoms with Crippen molar-refractivity contribution in [3.05, 3.63) is 65.5 Å². The van der Waals surface area contributed by atoms with Gasteiger partial charge in [-0.3, -0.25) is 9.59 Å². The zero-order valence-electron chi connectivity index (χ0n) is 14.5. The van der Waals surface area contributed by atoms with E-state index in [1.807, 2.05) is 6.07 Å². The Labute approximate surface area is 156 Å². The summed E-state index contributed by atoms with van der Waals surface area (Å²) in [5.74, 6) is 0.553. The van der Waals surface area contributed by atoms with Gasteiger partial charge in [0.25, 0.3) is 0 Å². The molecule has 6 nitrogen and oxygen atoms in total. The van der Waals surface area contributed by atoms with E-state index in [1.165, 1.54) is 18.2 Å². The number of hydrogen-bond acceptors (Lipinski definition) is 4. The number of nitrogens with one attached hydrogen (secondary N) is 2. The largest absolute Gasteiger partial charge is 0.454 e. The highest BCUT2D eigenvalue weighted by Gasteiger charge is 2.12. The first kappa shape index (κ1) is 18.4. The summed E-state index contributed by atoms with van der Waals surface area (Å²) >= 11 is 0. The Morgan fingerprint density at radius 3 is 2.56 bits per heavy atom. The molecule has 0 atom stereocenters. The van der Waals surface area contributed by atoms with Crippen LogP contribution in [-0.2, 0) is 16.0 Å². The molecule has 0 saturated heterocycles. The van der Waals surface area contributed by atoms with Gasteiger partial charge in [0, 0.05) is 19.2 Å². The topological polar surface area (TPSA) is 76.7 Å². The number of fused-ring (bicyclic) bond motifs is 1. The first-order valence-electron chi connectivity index (χ1n) is 8.47. The molecule has 0 bridgehead atoms. The summed E-state index contributed by atoms with van der Waals surface area (Å²) in [6.07, 6.45) is 3.25. The number of amides is 2. The Morgan fingerprint density at radius 1 is 1.00 bits per heavy atom. The van der Waals surface area contributed by atoms with Crippen molar-refractivity contribution in [3.63, 3.8) is 0 Å². The van der Waals surface area contributed by atoms with Crippen LogP contribution in [-0.4, -0.2) is 31.7 Å². The molecule has 1 aliphatic rings. The van der Waals surface area contributed by atoms with Crippen LogP contribution < -0.4 is 20.1 Å². The number of carbonyl (C=O) groups excluding carboxylic acids is 2. The van der Waals surface area contributed by atoms with Crippen molar-refractivity contribution in [1.29, 1.82) is 0 Å². The fourth-order valence-electron chi connectivity index (χ4n) is 2.49. The van der Waals surface area contributed by atoms with Gasteiger partial charge >= 0.3 is 0 Å². The second kappa shape index (κ2) is 8.84. The molecule has 2 aromatic carbocycles. The van der Waals surface area contributed by atoms with Gasteiger partial charge in [-0.15, -0.1) is 0 Å². The van der Waals surface area contributed by atoms with Crippen molar-refractivity contribution in [2.45, 2.75) is 6.42 Å².